The van der Waals surface area contributed by atoms with Crippen molar-refractivity contribution in [3.63, 3.8) is 0 Å². The molecule has 2 heterocycles. The van der Waals surface area contributed by atoms with Gasteiger partial charge in [0.15, 0.2) is 0 Å². The maximum absolute atomic E-state index is 13.0. The van der Waals surface area contributed by atoms with E-state index in [-0.39, 0.29) is 17.4 Å². The van der Waals surface area contributed by atoms with Gasteiger partial charge in [0.25, 0.3) is 5.91 Å². The molecule has 2 aliphatic rings. The van der Waals surface area contributed by atoms with E-state index < -0.39 is 0 Å². The van der Waals surface area contributed by atoms with Gasteiger partial charge in [-0.25, -0.2) is 5.06 Å². The number of nitrogens with zero attached hydrogens (tertiary/aromatic N) is 2. The van der Waals surface area contributed by atoms with Crippen molar-refractivity contribution in [2.24, 2.45) is 0 Å². The summed E-state index contributed by atoms with van der Waals surface area (Å²) in [5, 5.41) is 1.60. The molecule has 0 bridgehead atoms. The Morgan fingerprint density at radius 3 is 2.58 bits per heavy atom. The van der Waals surface area contributed by atoms with E-state index in [9.17, 15) is 9.59 Å². The lowest BCUT2D eigenvalue weighted by atomic mass is 9.85. The van der Waals surface area contributed by atoms with Crippen LogP contribution >= 0.6 is 0 Å². The maximum atomic E-state index is 13.0. The molecule has 6 heteroatoms. The molecule has 2 aromatic rings. The summed E-state index contributed by atoms with van der Waals surface area (Å²) in [7, 11) is 0. The molecule has 2 saturated heterocycles. The topological polar surface area (TPSA) is 59.1 Å². The predicted molar refractivity (Wildman–Crippen MR) is 117 cm³/mol. The number of hydrogen-bond donors (Lipinski definition) is 0. The van der Waals surface area contributed by atoms with Crippen molar-refractivity contribution in [3.05, 3.63) is 78.4 Å². The summed E-state index contributed by atoms with van der Waals surface area (Å²) < 4.78 is 5.55. The normalized spacial score (nSPS) is 17.7. The van der Waals surface area contributed by atoms with E-state index in [1.165, 1.54) is 0 Å². The van der Waals surface area contributed by atoms with Gasteiger partial charge >= 0.3 is 0 Å². The fourth-order valence-electron chi connectivity index (χ4n) is 4.37. The summed E-state index contributed by atoms with van der Waals surface area (Å²) in [5.41, 5.74) is 1.32. The lowest BCUT2D eigenvalue weighted by Crippen LogP contribution is -2.54. The van der Waals surface area contributed by atoms with Crippen molar-refractivity contribution < 1.29 is 19.2 Å². The Kier molecular flexibility index (Phi) is 6.37. The molecule has 0 aliphatic carbocycles. The van der Waals surface area contributed by atoms with Gasteiger partial charge in [-0.15, -0.1) is 0 Å². The molecule has 162 valence electrons. The van der Waals surface area contributed by atoms with E-state index in [0.717, 1.165) is 12.0 Å². The fourth-order valence-corrected chi connectivity index (χ4v) is 4.37. The van der Waals surface area contributed by atoms with Crippen LogP contribution in [0.5, 0.6) is 5.75 Å². The molecule has 2 aliphatic heterocycles. The SMILES string of the molecule is C=CCOc1cccc(C(=O)N2CCC3(CCC(=O)N3OCc3ccccc3)CC2)c1. The number of hydrogen-bond acceptors (Lipinski definition) is 4. The number of amides is 2. The smallest absolute Gasteiger partial charge is 0.253 e. The van der Waals surface area contributed by atoms with Gasteiger partial charge < -0.3 is 9.64 Å². The van der Waals surface area contributed by atoms with Crippen molar-refractivity contribution in [1.82, 2.24) is 9.96 Å². The highest BCUT2D eigenvalue weighted by Crippen LogP contribution is 2.40. The molecule has 2 aromatic carbocycles. The molecule has 0 N–H and O–H groups in total. The fraction of sp³-hybridized carbons (Fsp3) is 0.360. The molecule has 4 rings (SSSR count). The monoisotopic (exact) mass is 420 g/mol. The second-order valence-corrected chi connectivity index (χ2v) is 8.09. The summed E-state index contributed by atoms with van der Waals surface area (Å²) in [4.78, 5) is 33.4. The van der Waals surface area contributed by atoms with Crippen molar-refractivity contribution in [2.45, 2.75) is 37.8 Å². The Labute approximate surface area is 183 Å². The zero-order valence-corrected chi connectivity index (χ0v) is 17.7. The first kappa shape index (κ1) is 21.1. The molecule has 2 fully saturated rings. The zero-order valence-electron chi connectivity index (χ0n) is 17.7. The largest absolute Gasteiger partial charge is 0.490 e. The number of carbonyl (C=O) groups excluding carboxylic acids is 2. The zero-order chi connectivity index (χ0) is 21.7. The molecule has 0 saturated carbocycles. The Balaban J connectivity index is 1.39. The molecular weight excluding hydrogens is 392 g/mol. The van der Waals surface area contributed by atoms with Crippen LogP contribution in [0, 0.1) is 0 Å². The maximum Gasteiger partial charge on any atom is 0.253 e. The first-order valence-electron chi connectivity index (χ1n) is 10.7. The minimum Gasteiger partial charge on any atom is -0.490 e. The third-order valence-corrected chi connectivity index (χ3v) is 6.09. The lowest BCUT2D eigenvalue weighted by molar-refractivity contribution is -0.221. The Bertz CT molecular complexity index is 936. The average molecular weight is 421 g/mol. The number of likely N-dealkylation sites (tertiary alicyclic amines) is 1. The van der Waals surface area contributed by atoms with Gasteiger partial charge in [-0.2, -0.15) is 0 Å². The van der Waals surface area contributed by atoms with Gasteiger partial charge in [-0.1, -0.05) is 49.1 Å². The van der Waals surface area contributed by atoms with Crippen LogP contribution in [-0.4, -0.2) is 47.0 Å². The van der Waals surface area contributed by atoms with E-state index >= 15 is 0 Å². The first-order chi connectivity index (χ1) is 15.1. The van der Waals surface area contributed by atoms with Crippen molar-refractivity contribution in [1.29, 1.82) is 0 Å². The van der Waals surface area contributed by atoms with Gasteiger partial charge in [0.05, 0.1) is 5.54 Å². The van der Waals surface area contributed by atoms with Crippen LogP contribution in [-0.2, 0) is 16.2 Å². The van der Waals surface area contributed by atoms with Crippen molar-refractivity contribution in [3.8, 4) is 5.75 Å². The Hall–Kier alpha value is -3.12. The second kappa shape index (κ2) is 9.35. The quantitative estimate of drug-likeness (QED) is 0.636. The van der Waals surface area contributed by atoms with Crippen LogP contribution in [0.4, 0.5) is 0 Å². The molecule has 1 spiro atoms. The molecule has 0 aromatic heterocycles. The molecule has 0 atom stereocenters. The highest BCUT2D eigenvalue weighted by molar-refractivity contribution is 5.94. The van der Waals surface area contributed by atoms with Gasteiger partial charge in [0.2, 0.25) is 5.91 Å². The van der Waals surface area contributed by atoms with Crippen LogP contribution in [0.15, 0.2) is 67.3 Å². The van der Waals surface area contributed by atoms with E-state index in [1.807, 2.05) is 53.4 Å². The summed E-state index contributed by atoms with van der Waals surface area (Å²) >= 11 is 0. The van der Waals surface area contributed by atoms with Gasteiger partial charge in [0, 0.05) is 25.1 Å². The highest BCUT2D eigenvalue weighted by atomic mass is 16.7. The van der Waals surface area contributed by atoms with Gasteiger partial charge in [-0.05, 0) is 43.0 Å². The number of hydroxylamine groups is 2. The third kappa shape index (κ3) is 4.64. The van der Waals surface area contributed by atoms with Crippen molar-refractivity contribution >= 4 is 11.8 Å². The second-order valence-electron chi connectivity index (χ2n) is 8.09. The number of benzene rings is 2. The first-order valence-corrected chi connectivity index (χ1v) is 10.7. The summed E-state index contributed by atoms with van der Waals surface area (Å²) in [6, 6.07) is 17.1. The molecule has 2 amide bonds. The molecular formula is C25H28N2O4. The lowest BCUT2D eigenvalue weighted by Gasteiger charge is -2.43. The summed E-state index contributed by atoms with van der Waals surface area (Å²) in [6.45, 7) is 5.60. The standard InChI is InChI=1S/C25H28N2O4/c1-2-17-30-22-10-6-9-21(18-22)24(29)26-15-13-25(14-16-26)12-11-23(28)27(25)31-19-20-7-4-3-5-8-20/h2-10,18H,1,11-17,19H2. The van der Waals surface area contributed by atoms with Gasteiger partial charge in [0.1, 0.15) is 19.0 Å². The number of ether oxygens (including phenoxy) is 1. The molecule has 31 heavy (non-hydrogen) atoms. The Morgan fingerprint density at radius 2 is 1.84 bits per heavy atom. The summed E-state index contributed by atoms with van der Waals surface area (Å²) in [6.07, 6.45) is 4.36. The van der Waals surface area contributed by atoms with Crippen LogP contribution in [0.3, 0.4) is 0 Å². The molecule has 6 nitrogen and oxygen atoms in total. The highest BCUT2D eigenvalue weighted by Gasteiger charge is 2.48. The van der Waals surface area contributed by atoms with Gasteiger partial charge in [-0.3, -0.25) is 14.4 Å². The molecule has 0 unspecified atom stereocenters. The number of piperidine rings is 1. The predicted octanol–water partition coefficient (Wildman–Crippen LogP) is 3.98. The minimum atomic E-state index is -0.322. The van der Waals surface area contributed by atoms with E-state index in [1.54, 1.807) is 17.2 Å². The minimum absolute atomic E-state index is 0.0139. The Morgan fingerprint density at radius 1 is 1.06 bits per heavy atom. The van der Waals surface area contributed by atoms with E-state index in [0.29, 0.717) is 56.9 Å². The van der Waals surface area contributed by atoms with Crippen LogP contribution in [0.2, 0.25) is 0 Å². The third-order valence-electron chi connectivity index (χ3n) is 6.09. The van der Waals surface area contributed by atoms with Crippen LogP contribution in [0.25, 0.3) is 0 Å². The number of rotatable bonds is 7. The average Bonchev–Trinajstić information content (AvgIpc) is 3.11. The van der Waals surface area contributed by atoms with E-state index in [4.69, 9.17) is 9.57 Å². The van der Waals surface area contributed by atoms with E-state index in [2.05, 4.69) is 6.58 Å². The van der Waals surface area contributed by atoms with Crippen LogP contribution in [0.1, 0.15) is 41.6 Å². The number of carbonyl (C=O) groups is 2. The molecule has 0 radical (unpaired) electrons. The van der Waals surface area contributed by atoms with Crippen molar-refractivity contribution in [2.75, 3.05) is 19.7 Å². The summed E-state index contributed by atoms with van der Waals surface area (Å²) in [5.74, 6) is 0.670. The van der Waals surface area contributed by atoms with Crippen LogP contribution < -0.4 is 4.74 Å².